The van der Waals surface area contributed by atoms with Crippen LogP contribution in [-0.4, -0.2) is 71.8 Å². The Morgan fingerprint density at radius 3 is 2.50 bits per heavy atom. The van der Waals surface area contributed by atoms with Crippen LogP contribution in [0.4, 0.5) is 4.39 Å². The van der Waals surface area contributed by atoms with Crippen LogP contribution in [0.15, 0.2) is 29.8 Å². The summed E-state index contributed by atoms with van der Waals surface area (Å²) in [6.45, 7) is 3.80. The first kappa shape index (κ1) is 23.2. The van der Waals surface area contributed by atoms with Gasteiger partial charge < -0.3 is 24.6 Å². The lowest BCUT2D eigenvalue weighted by Crippen LogP contribution is -2.35. The van der Waals surface area contributed by atoms with Gasteiger partial charge in [0.25, 0.3) is 11.7 Å². The Labute approximate surface area is 185 Å². The predicted molar refractivity (Wildman–Crippen MR) is 116 cm³/mol. The van der Waals surface area contributed by atoms with Crippen LogP contribution in [0, 0.1) is 19.7 Å². The number of aromatic nitrogens is 1. The van der Waals surface area contributed by atoms with Gasteiger partial charge in [-0.05, 0) is 39.6 Å². The zero-order chi connectivity index (χ0) is 23.7. The number of carbonyl (C=O) groups is 3. The Morgan fingerprint density at radius 2 is 1.91 bits per heavy atom. The molecule has 0 radical (unpaired) electrons. The van der Waals surface area contributed by atoms with Crippen LogP contribution in [0.25, 0.3) is 5.76 Å². The largest absolute Gasteiger partial charge is 0.507 e. The number of H-pyrrole nitrogens is 1. The monoisotopic (exact) mass is 443 g/mol. The summed E-state index contributed by atoms with van der Waals surface area (Å²) in [7, 11) is 4.86. The minimum Gasteiger partial charge on any atom is -0.507 e. The molecule has 0 spiro atoms. The summed E-state index contributed by atoms with van der Waals surface area (Å²) >= 11 is 0. The van der Waals surface area contributed by atoms with Crippen molar-refractivity contribution in [2.45, 2.75) is 19.9 Å². The first-order valence-electron chi connectivity index (χ1n) is 10.1. The summed E-state index contributed by atoms with van der Waals surface area (Å²) in [5.41, 5.74) is 0.977. The summed E-state index contributed by atoms with van der Waals surface area (Å²) in [6, 6.07) is 4.73. The molecule has 1 aliphatic heterocycles. The van der Waals surface area contributed by atoms with Gasteiger partial charge in [0, 0.05) is 29.9 Å². The van der Waals surface area contributed by atoms with Crippen LogP contribution in [0.5, 0.6) is 0 Å². The lowest BCUT2D eigenvalue weighted by Gasteiger charge is -2.26. The Balaban J connectivity index is 2.24. The zero-order valence-corrected chi connectivity index (χ0v) is 18.7. The molecule has 0 bridgehead atoms. The summed E-state index contributed by atoms with van der Waals surface area (Å²) in [5, 5.41) is 11.2. The summed E-state index contributed by atoms with van der Waals surface area (Å²) in [5.74, 6) is -3.43. The number of hydrogen-bond acceptors (Lipinski definition) is 6. The Kier molecular flexibility index (Phi) is 6.50. The number of amides is 1. The van der Waals surface area contributed by atoms with Crippen molar-refractivity contribution in [3.63, 3.8) is 0 Å². The second-order valence-electron chi connectivity index (χ2n) is 7.93. The van der Waals surface area contributed by atoms with E-state index in [9.17, 15) is 23.9 Å². The van der Waals surface area contributed by atoms with Crippen LogP contribution in [0.2, 0.25) is 0 Å². The summed E-state index contributed by atoms with van der Waals surface area (Å²) < 4.78 is 19.5. The lowest BCUT2D eigenvalue weighted by atomic mass is 9.93. The first-order valence-corrected chi connectivity index (χ1v) is 10.1. The van der Waals surface area contributed by atoms with Gasteiger partial charge in [0.05, 0.1) is 18.7 Å². The standard InChI is InChI=1S/C23H26FN3O5/c1-12-16(13(2)25-18(12)23(31)32-5)20(28)17-19(14-8-6-7-9-15(14)24)27(11-10-26(3)4)22(30)21(17)29/h6-9,19,25,28H,10-11H2,1-5H3/b20-17+/t19-/m0/s1. The van der Waals surface area contributed by atoms with E-state index < -0.39 is 35.3 Å². The highest BCUT2D eigenvalue weighted by Crippen LogP contribution is 2.41. The molecule has 2 heterocycles. The first-order chi connectivity index (χ1) is 15.1. The van der Waals surface area contributed by atoms with Crippen LogP contribution in [0.1, 0.15) is 38.9 Å². The number of hydrogen-bond donors (Lipinski definition) is 2. The van der Waals surface area contributed by atoms with Gasteiger partial charge in [-0.15, -0.1) is 0 Å². The maximum atomic E-state index is 14.8. The third kappa shape index (κ3) is 3.91. The van der Waals surface area contributed by atoms with Crippen molar-refractivity contribution >= 4 is 23.4 Å². The van der Waals surface area contributed by atoms with Crippen molar-refractivity contribution in [2.75, 3.05) is 34.3 Å². The number of halogens is 1. The highest BCUT2D eigenvalue weighted by molar-refractivity contribution is 6.46. The number of methoxy groups -OCH3 is 1. The third-order valence-electron chi connectivity index (χ3n) is 5.59. The highest BCUT2D eigenvalue weighted by Gasteiger charge is 2.47. The number of nitrogens with one attached hydrogen (secondary N) is 1. The van der Waals surface area contributed by atoms with E-state index in [-0.39, 0.29) is 28.9 Å². The normalized spacial score (nSPS) is 18.0. The highest BCUT2D eigenvalue weighted by atomic mass is 19.1. The van der Waals surface area contributed by atoms with Crippen LogP contribution >= 0.6 is 0 Å². The average Bonchev–Trinajstić information content (AvgIpc) is 3.18. The number of rotatable bonds is 6. The Morgan fingerprint density at radius 1 is 1.25 bits per heavy atom. The van der Waals surface area contributed by atoms with Crippen molar-refractivity contribution in [3.8, 4) is 0 Å². The van der Waals surface area contributed by atoms with E-state index in [0.717, 1.165) is 0 Å². The van der Waals surface area contributed by atoms with Gasteiger partial charge in [0.1, 0.15) is 17.3 Å². The van der Waals surface area contributed by atoms with Crippen molar-refractivity contribution in [1.29, 1.82) is 0 Å². The molecule has 8 nitrogen and oxygen atoms in total. The van der Waals surface area contributed by atoms with E-state index in [1.807, 2.05) is 19.0 Å². The number of ether oxygens (including phenoxy) is 1. The van der Waals surface area contributed by atoms with Gasteiger partial charge in [-0.25, -0.2) is 9.18 Å². The van der Waals surface area contributed by atoms with E-state index in [2.05, 4.69) is 4.98 Å². The molecule has 1 amide bonds. The fourth-order valence-electron chi connectivity index (χ4n) is 3.98. The molecule has 0 saturated carbocycles. The maximum Gasteiger partial charge on any atom is 0.354 e. The maximum absolute atomic E-state index is 14.8. The molecule has 1 atom stereocenters. The van der Waals surface area contributed by atoms with Crippen LogP contribution in [0.3, 0.4) is 0 Å². The molecule has 1 fully saturated rings. The Hall–Kier alpha value is -3.46. The number of Topliss-reactive ketones (excluding diaryl/α,β-unsaturated/α-hetero) is 1. The molecular weight excluding hydrogens is 417 g/mol. The van der Waals surface area contributed by atoms with Gasteiger partial charge >= 0.3 is 5.97 Å². The molecule has 2 aromatic rings. The van der Waals surface area contributed by atoms with E-state index in [1.54, 1.807) is 19.9 Å². The lowest BCUT2D eigenvalue weighted by molar-refractivity contribution is -0.140. The Bertz CT molecular complexity index is 1120. The topological polar surface area (TPSA) is 103 Å². The smallest absolute Gasteiger partial charge is 0.354 e. The fraction of sp³-hybridized carbons (Fsp3) is 0.348. The number of benzene rings is 1. The average molecular weight is 443 g/mol. The van der Waals surface area contributed by atoms with Gasteiger partial charge in [-0.2, -0.15) is 0 Å². The van der Waals surface area contributed by atoms with E-state index >= 15 is 0 Å². The van der Waals surface area contributed by atoms with Crippen molar-refractivity contribution < 1.29 is 28.6 Å². The van der Waals surface area contributed by atoms with Gasteiger partial charge in [-0.1, -0.05) is 18.2 Å². The fourth-order valence-corrected chi connectivity index (χ4v) is 3.98. The van der Waals surface area contributed by atoms with Gasteiger partial charge in [0.2, 0.25) is 0 Å². The number of aliphatic hydroxyl groups is 1. The minimum absolute atomic E-state index is 0.103. The van der Waals surface area contributed by atoms with E-state index in [4.69, 9.17) is 4.74 Å². The van der Waals surface area contributed by atoms with E-state index in [1.165, 1.54) is 30.2 Å². The number of carbonyl (C=O) groups excluding carboxylic acids is 3. The van der Waals surface area contributed by atoms with Crippen LogP contribution in [-0.2, 0) is 14.3 Å². The number of likely N-dealkylation sites (N-methyl/N-ethyl adjacent to an activating group) is 1. The molecule has 1 aromatic carbocycles. The molecule has 32 heavy (non-hydrogen) atoms. The van der Waals surface area contributed by atoms with E-state index in [0.29, 0.717) is 17.8 Å². The third-order valence-corrected chi connectivity index (χ3v) is 5.59. The van der Waals surface area contributed by atoms with Crippen LogP contribution < -0.4 is 0 Å². The van der Waals surface area contributed by atoms with Crippen molar-refractivity contribution in [2.24, 2.45) is 0 Å². The molecule has 0 unspecified atom stereocenters. The predicted octanol–water partition coefficient (Wildman–Crippen LogP) is 2.54. The molecule has 170 valence electrons. The second-order valence-corrected chi connectivity index (χ2v) is 7.93. The number of aryl methyl sites for hydroxylation is 1. The quantitative estimate of drug-likeness (QED) is 0.308. The molecule has 1 aliphatic rings. The SMILES string of the molecule is COC(=O)c1[nH]c(C)c(/C(O)=C2\C(=O)C(=O)N(CCN(C)C)[C@H]2c2ccccc2F)c1C. The molecule has 9 heteroatoms. The van der Waals surface area contributed by atoms with Gasteiger partial charge in [0.15, 0.2) is 0 Å². The second kappa shape index (κ2) is 8.96. The molecule has 2 N–H and O–H groups in total. The molecule has 0 aliphatic carbocycles. The van der Waals surface area contributed by atoms with Gasteiger partial charge in [-0.3, -0.25) is 9.59 Å². The van der Waals surface area contributed by atoms with Crippen molar-refractivity contribution in [1.82, 2.24) is 14.8 Å². The molecule has 1 aromatic heterocycles. The summed E-state index contributed by atoms with van der Waals surface area (Å²) in [4.78, 5) is 44.0. The number of nitrogens with zero attached hydrogens (tertiary/aromatic N) is 2. The number of esters is 1. The number of aliphatic hydroxyl groups excluding tert-OH is 1. The summed E-state index contributed by atoms with van der Waals surface area (Å²) in [6.07, 6.45) is 0. The number of likely N-dealkylation sites (tertiary alicyclic amines) is 1. The molecule has 3 rings (SSSR count). The number of ketones is 1. The zero-order valence-electron chi connectivity index (χ0n) is 18.7. The minimum atomic E-state index is -1.11. The molecular formula is C23H26FN3O5. The van der Waals surface area contributed by atoms with Crippen molar-refractivity contribution in [3.05, 3.63) is 63.7 Å². The molecule has 1 saturated heterocycles. The number of aromatic amines is 1.